The van der Waals surface area contributed by atoms with E-state index < -0.39 is 0 Å². The number of halogens is 1. The zero-order chi connectivity index (χ0) is 20.9. The molecule has 0 aliphatic carbocycles. The second kappa shape index (κ2) is 9.30. The minimum Gasteiger partial charge on any atom is -0.449 e. The predicted molar refractivity (Wildman–Crippen MR) is 113 cm³/mol. The fourth-order valence-corrected chi connectivity index (χ4v) is 4.14. The van der Waals surface area contributed by atoms with Crippen LogP contribution >= 0.6 is 0 Å². The van der Waals surface area contributed by atoms with Crippen molar-refractivity contribution in [1.82, 2.24) is 9.80 Å². The van der Waals surface area contributed by atoms with Crippen molar-refractivity contribution in [2.24, 2.45) is 0 Å². The lowest BCUT2D eigenvalue weighted by atomic mass is 9.88. The lowest BCUT2D eigenvalue weighted by Crippen LogP contribution is -2.41. The van der Waals surface area contributed by atoms with Crippen LogP contribution in [0, 0.1) is 5.82 Å². The first-order valence-corrected chi connectivity index (χ1v) is 10.4. The molecule has 2 aliphatic rings. The lowest BCUT2D eigenvalue weighted by Gasteiger charge is -2.37. The number of amides is 1. The van der Waals surface area contributed by atoms with Gasteiger partial charge >= 0.3 is 6.09 Å². The van der Waals surface area contributed by atoms with Crippen LogP contribution in [-0.4, -0.2) is 55.3 Å². The van der Waals surface area contributed by atoms with Gasteiger partial charge < -0.3 is 14.4 Å². The summed E-state index contributed by atoms with van der Waals surface area (Å²) in [6, 6.07) is 14.1. The van der Waals surface area contributed by atoms with Gasteiger partial charge in [-0.2, -0.15) is 0 Å². The molecule has 0 spiro atoms. The first-order chi connectivity index (χ1) is 14.6. The van der Waals surface area contributed by atoms with Gasteiger partial charge in [0.15, 0.2) is 0 Å². The topological polar surface area (TPSA) is 42.0 Å². The van der Waals surface area contributed by atoms with Crippen molar-refractivity contribution in [1.29, 1.82) is 0 Å². The van der Waals surface area contributed by atoms with Crippen LogP contribution < -0.4 is 0 Å². The van der Waals surface area contributed by atoms with E-state index in [0.717, 1.165) is 36.3 Å². The Morgan fingerprint density at radius 3 is 2.60 bits per heavy atom. The molecule has 0 N–H and O–H groups in total. The number of benzene rings is 2. The summed E-state index contributed by atoms with van der Waals surface area (Å²) >= 11 is 0. The molecular weight excluding hydrogens is 383 g/mol. The number of rotatable bonds is 5. The number of ether oxygens (including phenoxy) is 2. The second-order valence-corrected chi connectivity index (χ2v) is 7.63. The third-order valence-electron chi connectivity index (χ3n) is 5.78. The number of morpholine rings is 1. The third-order valence-corrected chi connectivity index (χ3v) is 5.78. The summed E-state index contributed by atoms with van der Waals surface area (Å²) in [5, 5.41) is 0. The van der Waals surface area contributed by atoms with Gasteiger partial charge in [0.05, 0.1) is 25.9 Å². The van der Waals surface area contributed by atoms with E-state index in [4.69, 9.17) is 9.47 Å². The molecule has 1 saturated heterocycles. The van der Waals surface area contributed by atoms with Crippen LogP contribution in [0.4, 0.5) is 9.18 Å². The molecule has 2 aromatic rings. The molecule has 2 heterocycles. The van der Waals surface area contributed by atoms with Gasteiger partial charge in [0.25, 0.3) is 0 Å². The minimum absolute atomic E-state index is 0.281. The molecule has 2 aliphatic heterocycles. The first kappa shape index (κ1) is 20.4. The van der Waals surface area contributed by atoms with Crippen molar-refractivity contribution in [2.75, 3.05) is 39.5 Å². The summed E-state index contributed by atoms with van der Waals surface area (Å²) in [4.78, 5) is 16.9. The van der Waals surface area contributed by atoms with Crippen molar-refractivity contribution in [3.63, 3.8) is 0 Å². The highest BCUT2D eigenvalue weighted by Gasteiger charge is 2.32. The quantitative estimate of drug-likeness (QED) is 0.743. The number of carbonyl (C=O) groups excluding carboxylic acids is 1. The van der Waals surface area contributed by atoms with Crippen molar-refractivity contribution in [2.45, 2.75) is 18.9 Å². The molecule has 0 aromatic heterocycles. The lowest BCUT2D eigenvalue weighted by molar-refractivity contribution is 0.0488. The van der Waals surface area contributed by atoms with E-state index in [0.29, 0.717) is 26.2 Å². The largest absolute Gasteiger partial charge is 0.449 e. The van der Waals surface area contributed by atoms with Crippen molar-refractivity contribution < 1.29 is 18.7 Å². The monoisotopic (exact) mass is 410 g/mol. The summed E-state index contributed by atoms with van der Waals surface area (Å²) in [7, 11) is 0. The fourth-order valence-electron chi connectivity index (χ4n) is 4.14. The van der Waals surface area contributed by atoms with Crippen molar-refractivity contribution in [3.05, 3.63) is 83.3 Å². The normalized spacial score (nSPS) is 18.6. The van der Waals surface area contributed by atoms with Crippen molar-refractivity contribution in [3.8, 4) is 0 Å². The Morgan fingerprint density at radius 1 is 1.10 bits per heavy atom. The molecule has 1 amide bonds. The van der Waals surface area contributed by atoms with E-state index in [2.05, 4.69) is 17.5 Å². The Morgan fingerprint density at radius 2 is 1.83 bits per heavy atom. The Bertz CT molecular complexity index is 894. The van der Waals surface area contributed by atoms with Gasteiger partial charge in [0.2, 0.25) is 0 Å². The number of carbonyl (C=O) groups is 1. The fraction of sp³-hybridized carbons (Fsp3) is 0.375. The van der Waals surface area contributed by atoms with Gasteiger partial charge in [-0.3, -0.25) is 4.90 Å². The van der Waals surface area contributed by atoms with Crippen LogP contribution in [0.2, 0.25) is 0 Å². The Kier molecular flexibility index (Phi) is 6.33. The molecule has 0 unspecified atom stereocenters. The van der Waals surface area contributed by atoms with E-state index in [1.165, 1.54) is 17.7 Å². The maximum atomic E-state index is 13.5. The van der Waals surface area contributed by atoms with Crippen LogP contribution in [0.25, 0.3) is 0 Å². The molecule has 30 heavy (non-hydrogen) atoms. The molecule has 2 aromatic carbocycles. The number of fused-ring (bicyclic) bond motifs is 1. The summed E-state index contributed by atoms with van der Waals surface area (Å²) in [5.74, 6) is -0.293. The Balaban J connectivity index is 1.45. The molecule has 0 radical (unpaired) electrons. The number of nitrogens with zero attached hydrogens (tertiary/aromatic N) is 2. The standard InChI is InChI=1S/C24H27FN2O3/c1-18(26-13-16-29-17-14-26)11-15-30-24(28)27-12-10-19-4-2-3-5-22(19)23(27)20-6-8-21(25)9-7-20/h2-9,23H,1,10-17H2/t23-/m0/s1. The van der Waals surface area contributed by atoms with Crippen LogP contribution in [0.1, 0.15) is 29.2 Å². The van der Waals surface area contributed by atoms with Gasteiger partial charge in [0.1, 0.15) is 5.82 Å². The highest BCUT2D eigenvalue weighted by atomic mass is 19.1. The number of hydrogen-bond donors (Lipinski definition) is 0. The Labute approximate surface area is 176 Å². The molecule has 0 bridgehead atoms. The average molecular weight is 410 g/mol. The first-order valence-electron chi connectivity index (χ1n) is 10.4. The molecule has 6 heteroatoms. The van der Waals surface area contributed by atoms with E-state index >= 15 is 0 Å². The predicted octanol–water partition coefficient (Wildman–Crippen LogP) is 4.15. The smallest absolute Gasteiger partial charge is 0.410 e. The SMILES string of the molecule is C=C(CCOC(=O)N1CCc2ccccc2[C@@H]1c1ccc(F)cc1)N1CCOCC1. The molecule has 0 saturated carbocycles. The molecule has 158 valence electrons. The second-order valence-electron chi connectivity index (χ2n) is 7.63. The summed E-state index contributed by atoms with van der Waals surface area (Å²) in [6.07, 6.45) is 1.01. The van der Waals surface area contributed by atoms with E-state index in [9.17, 15) is 9.18 Å². The van der Waals surface area contributed by atoms with Gasteiger partial charge in [0, 0.05) is 31.8 Å². The van der Waals surface area contributed by atoms with Crippen LogP contribution in [0.3, 0.4) is 0 Å². The van der Waals surface area contributed by atoms with E-state index in [1.807, 2.05) is 18.2 Å². The summed E-state index contributed by atoms with van der Waals surface area (Å²) in [5.41, 5.74) is 4.10. The molecule has 4 rings (SSSR count). The molecular formula is C24H27FN2O3. The van der Waals surface area contributed by atoms with Gasteiger partial charge in [-0.1, -0.05) is 43.0 Å². The average Bonchev–Trinajstić information content (AvgIpc) is 2.79. The van der Waals surface area contributed by atoms with Gasteiger partial charge in [-0.25, -0.2) is 9.18 Å². The third kappa shape index (κ3) is 4.49. The zero-order valence-electron chi connectivity index (χ0n) is 17.1. The number of hydrogen-bond acceptors (Lipinski definition) is 4. The highest BCUT2D eigenvalue weighted by Crippen LogP contribution is 2.35. The highest BCUT2D eigenvalue weighted by molar-refractivity contribution is 5.70. The van der Waals surface area contributed by atoms with Gasteiger partial charge in [-0.15, -0.1) is 0 Å². The molecule has 5 nitrogen and oxygen atoms in total. The molecule has 1 fully saturated rings. The van der Waals surface area contributed by atoms with E-state index in [1.54, 1.807) is 17.0 Å². The Hall–Kier alpha value is -2.86. The summed E-state index contributed by atoms with van der Waals surface area (Å²) < 4.78 is 24.5. The van der Waals surface area contributed by atoms with Gasteiger partial charge in [-0.05, 0) is 35.2 Å². The zero-order valence-corrected chi connectivity index (χ0v) is 17.1. The van der Waals surface area contributed by atoms with E-state index in [-0.39, 0.29) is 24.6 Å². The van der Waals surface area contributed by atoms with Crippen LogP contribution in [0.15, 0.2) is 60.8 Å². The summed E-state index contributed by atoms with van der Waals surface area (Å²) in [6.45, 7) is 8.00. The maximum Gasteiger partial charge on any atom is 0.410 e. The van der Waals surface area contributed by atoms with Crippen LogP contribution in [-0.2, 0) is 15.9 Å². The van der Waals surface area contributed by atoms with Crippen molar-refractivity contribution >= 4 is 6.09 Å². The van der Waals surface area contributed by atoms with Crippen LogP contribution in [0.5, 0.6) is 0 Å². The maximum absolute atomic E-state index is 13.5. The minimum atomic E-state index is -0.353. The molecule has 1 atom stereocenters.